The lowest BCUT2D eigenvalue weighted by Crippen LogP contribution is -2.37. The van der Waals surface area contributed by atoms with E-state index in [2.05, 4.69) is 16.1 Å². The molecule has 1 saturated heterocycles. The van der Waals surface area contributed by atoms with Gasteiger partial charge in [-0.3, -0.25) is 4.79 Å². The SMILES string of the molecule is O=NC1CC(CCCN2CCC(C(=O)c3ccc(F)cc3)CC2)Sc2ccccc21. The molecule has 158 valence electrons. The third-order valence-corrected chi connectivity index (χ3v) is 7.66. The van der Waals surface area contributed by atoms with Crippen LogP contribution in [0.15, 0.2) is 58.6 Å². The molecule has 0 N–H and O–H groups in total. The van der Waals surface area contributed by atoms with Crippen molar-refractivity contribution >= 4 is 17.5 Å². The first-order valence-corrected chi connectivity index (χ1v) is 11.6. The highest BCUT2D eigenvalue weighted by atomic mass is 32.2. The highest BCUT2D eigenvalue weighted by Crippen LogP contribution is 2.43. The number of piperidine rings is 1. The number of nitroso groups, excluding NO2 is 1. The molecule has 30 heavy (non-hydrogen) atoms. The average molecular weight is 427 g/mol. The number of likely N-dealkylation sites (tertiary alicyclic amines) is 1. The number of halogens is 1. The van der Waals surface area contributed by atoms with Crippen molar-refractivity contribution in [2.45, 2.75) is 48.3 Å². The number of fused-ring (bicyclic) bond motifs is 1. The number of ketones is 1. The fourth-order valence-corrected chi connectivity index (χ4v) is 5.97. The van der Waals surface area contributed by atoms with Gasteiger partial charge in [-0.25, -0.2) is 4.39 Å². The zero-order valence-electron chi connectivity index (χ0n) is 17.0. The van der Waals surface area contributed by atoms with Gasteiger partial charge in [0.05, 0.1) is 0 Å². The van der Waals surface area contributed by atoms with Crippen molar-refractivity contribution in [2.24, 2.45) is 11.1 Å². The number of benzene rings is 2. The summed E-state index contributed by atoms with van der Waals surface area (Å²) in [5.41, 5.74) is 1.68. The molecule has 2 aromatic rings. The smallest absolute Gasteiger partial charge is 0.166 e. The van der Waals surface area contributed by atoms with E-state index in [4.69, 9.17) is 0 Å². The molecule has 0 saturated carbocycles. The molecule has 4 rings (SSSR count). The Labute approximate surface area is 181 Å². The molecule has 2 heterocycles. The number of Topliss-reactive ketones (excluding diaryl/α,β-unsaturated/α-hetero) is 1. The zero-order chi connectivity index (χ0) is 20.9. The first kappa shape index (κ1) is 21.2. The number of rotatable bonds is 7. The molecular formula is C24H27FN2O2S. The molecule has 2 aliphatic rings. The molecule has 4 nitrogen and oxygen atoms in total. The third kappa shape index (κ3) is 4.98. The van der Waals surface area contributed by atoms with Crippen LogP contribution in [0.5, 0.6) is 0 Å². The Bertz CT molecular complexity index is 881. The van der Waals surface area contributed by atoms with Gasteiger partial charge in [0, 0.05) is 21.6 Å². The molecule has 2 aromatic carbocycles. The largest absolute Gasteiger partial charge is 0.303 e. The molecule has 2 unspecified atom stereocenters. The number of thioether (sulfide) groups is 1. The van der Waals surface area contributed by atoms with Gasteiger partial charge in [0.25, 0.3) is 0 Å². The van der Waals surface area contributed by atoms with Crippen LogP contribution in [0.1, 0.15) is 54.1 Å². The monoisotopic (exact) mass is 426 g/mol. The molecule has 0 amide bonds. The van der Waals surface area contributed by atoms with Gasteiger partial charge in [-0.15, -0.1) is 11.8 Å². The fourth-order valence-electron chi connectivity index (χ4n) is 4.55. The lowest BCUT2D eigenvalue weighted by atomic mass is 9.89. The van der Waals surface area contributed by atoms with E-state index >= 15 is 0 Å². The van der Waals surface area contributed by atoms with Crippen molar-refractivity contribution in [3.8, 4) is 0 Å². The van der Waals surface area contributed by atoms with Gasteiger partial charge in [-0.05, 0) is 87.6 Å². The highest BCUT2D eigenvalue weighted by Gasteiger charge is 2.29. The number of hydrogen-bond donors (Lipinski definition) is 0. The van der Waals surface area contributed by atoms with Crippen molar-refractivity contribution in [1.29, 1.82) is 0 Å². The van der Waals surface area contributed by atoms with E-state index in [9.17, 15) is 14.1 Å². The molecular weight excluding hydrogens is 399 g/mol. The second kappa shape index (κ2) is 9.84. The van der Waals surface area contributed by atoms with Crippen LogP contribution < -0.4 is 0 Å². The summed E-state index contributed by atoms with van der Waals surface area (Å²) in [5.74, 6) is -0.132. The lowest BCUT2D eigenvalue weighted by Gasteiger charge is -2.32. The van der Waals surface area contributed by atoms with Gasteiger partial charge >= 0.3 is 0 Å². The quantitative estimate of drug-likeness (QED) is 0.410. The molecule has 0 aliphatic carbocycles. The Hall–Kier alpha value is -2.05. The second-order valence-corrected chi connectivity index (χ2v) is 9.61. The summed E-state index contributed by atoms with van der Waals surface area (Å²) < 4.78 is 13.1. The summed E-state index contributed by atoms with van der Waals surface area (Å²) in [6, 6.07) is 13.8. The van der Waals surface area contributed by atoms with Crippen molar-refractivity contribution < 1.29 is 9.18 Å². The number of carbonyl (C=O) groups is 1. The third-order valence-electron chi connectivity index (χ3n) is 6.27. The minimum atomic E-state index is -0.309. The van der Waals surface area contributed by atoms with E-state index in [0.29, 0.717) is 10.8 Å². The first-order chi connectivity index (χ1) is 14.6. The summed E-state index contributed by atoms with van der Waals surface area (Å²) in [6.07, 6.45) is 4.69. The van der Waals surface area contributed by atoms with Crippen molar-refractivity contribution in [3.05, 3.63) is 70.4 Å². The maximum Gasteiger partial charge on any atom is 0.166 e. The molecule has 6 heteroatoms. The summed E-state index contributed by atoms with van der Waals surface area (Å²) in [4.78, 5) is 27.5. The van der Waals surface area contributed by atoms with Crippen molar-refractivity contribution in [1.82, 2.24) is 4.90 Å². The zero-order valence-corrected chi connectivity index (χ0v) is 17.8. The number of nitrogens with zero attached hydrogens (tertiary/aromatic N) is 2. The van der Waals surface area contributed by atoms with Crippen LogP contribution >= 0.6 is 11.8 Å². The predicted molar refractivity (Wildman–Crippen MR) is 118 cm³/mol. The van der Waals surface area contributed by atoms with Gasteiger partial charge in [0.15, 0.2) is 5.78 Å². The number of hydrogen-bond acceptors (Lipinski definition) is 5. The topological polar surface area (TPSA) is 49.7 Å². The molecule has 2 atom stereocenters. The molecule has 0 spiro atoms. The highest BCUT2D eigenvalue weighted by molar-refractivity contribution is 8.00. The molecule has 1 fully saturated rings. The Morgan fingerprint density at radius 3 is 2.57 bits per heavy atom. The van der Waals surface area contributed by atoms with Crippen molar-refractivity contribution in [3.63, 3.8) is 0 Å². The predicted octanol–water partition coefficient (Wildman–Crippen LogP) is 5.87. The van der Waals surface area contributed by atoms with Crippen LogP contribution in [0.4, 0.5) is 4.39 Å². The second-order valence-electron chi connectivity index (χ2n) is 8.26. The first-order valence-electron chi connectivity index (χ1n) is 10.7. The Balaban J connectivity index is 1.21. The van der Waals surface area contributed by atoms with Crippen LogP contribution in [0, 0.1) is 16.6 Å². The van der Waals surface area contributed by atoms with Crippen LogP contribution in [0.2, 0.25) is 0 Å². The van der Waals surface area contributed by atoms with Gasteiger partial charge < -0.3 is 4.90 Å². The van der Waals surface area contributed by atoms with Crippen LogP contribution in [-0.4, -0.2) is 35.6 Å². The summed E-state index contributed by atoms with van der Waals surface area (Å²) >= 11 is 1.88. The molecule has 2 aliphatic heterocycles. The average Bonchev–Trinajstić information content (AvgIpc) is 2.79. The summed E-state index contributed by atoms with van der Waals surface area (Å²) in [6.45, 7) is 2.88. The Morgan fingerprint density at radius 2 is 1.83 bits per heavy atom. The Kier molecular flexibility index (Phi) is 6.95. The van der Waals surface area contributed by atoms with E-state index in [1.165, 1.54) is 17.0 Å². The minimum absolute atomic E-state index is 0.0385. The Morgan fingerprint density at radius 1 is 1.10 bits per heavy atom. The van der Waals surface area contributed by atoms with E-state index in [0.717, 1.165) is 57.3 Å². The van der Waals surface area contributed by atoms with Crippen LogP contribution in [0.3, 0.4) is 0 Å². The summed E-state index contributed by atoms with van der Waals surface area (Å²) in [5, 5.41) is 3.80. The molecule has 0 bridgehead atoms. The molecule has 0 aromatic heterocycles. The van der Waals surface area contributed by atoms with E-state index in [1.807, 2.05) is 30.0 Å². The van der Waals surface area contributed by atoms with Crippen molar-refractivity contribution in [2.75, 3.05) is 19.6 Å². The fraction of sp³-hybridized carbons (Fsp3) is 0.458. The minimum Gasteiger partial charge on any atom is -0.303 e. The van der Waals surface area contributed by atoms with E-state index in [-0.39, 0.29) is 23.6 Å². The number of carbonyl (C=O) groups excluding carboxylic acids is 1. The normalized spacial score (nSPS) is 22.4. The van der Waals surface area contributed by atoms with Crippen LogP contribution in [0.25, 0.3) is 0 Å². The van der Waals surface area contributed by atoms with E-state index in [1.54, 1.807) is 12.1 Å². The van der Waals surface area contributed by atoms with Gasteiger partial charge in [-0.1, -0.05) is 23.4 Å². The van der Waals surface area contributed by atoms with Crippen LogP contribution in [-0.2, 0) is 0 Å². The molecule has 0 radical (unpaired) electrons. The lowest BCUT2D eigenvalue weighted by molar-refractivity contribution is 0.0839. The van der Waals surface area contributed by atoms with Gasteiger partial charge in [0.1, 0.15) is 11.9 Å². The summed E-state index contributed by atoms with van der Waals surface area (Å²) in [7, 11) is 0. The van der Waals surface area contributed by atoms with Gasteiger partial charge in [-0.2, -0.15) is 4.91 Å². The van der Waals surface area contributed by atoms with E-state index < -0.39 is 0 Å². The maximum absolute atomic E-state index is 13.1. The van der Waals surface area contributed by atoms with Gasteiger partial charge in [0.2, 0.25) is 0 Å². The standard InChI is InChI=1S/C24H27FN2O2S/c25-19-9-7-17(8-10-19)24(28)18-11-14-27(15-12-18)13-3-4-20-16-22(26-29)21-5-1-2-6-23(21)30-20/h1-2,5-10,18,20,22H,3-4,11-16H2. The maximum atomic E-state index is 13.1.